The molecule has 1 aliphatic rings. The molecule has 8 nitrogen and oxygen atoms in total. The second kappa shape index (κ2) is 10.4. The standard InChI is InChI=1S/C24H19Cl3N2O6S/c25-15-3-1-4-16(10-15)36(34,35)29-12-14(23(31)24(32)33)9-19-20(29)7-13(11-28-19)8-21(30)22-17(26)5-2-6-18(22)27/h1-7,10-11,14,23,31H,8-9,12H2,(H,32,33)/t14-,23?/m1/s1. The average Bonchev–Trinajstić information content (AvgIpc) is 2.82. The highest BCUT2D eigenvalue weighted by atomic mass is 35.5. The highest BCUT2D eigenvalue weighted by Crippen LogP contribution is 2.36. The third-order valence-electron chi connectivity index (χ3n) is 5.82. The zero-order valence-corrected chi connectivity index (χ0v) is 21.5. The van der Waals surface area contributed by atoms with Crippen LogP contribution in [-0.2, 0) is 27.7 Å². The fourth-order valence-electron chi connectivity index (χ4n) is 4.05. The number of nitrogens with zero attached hydrogens (tertiary/aromatic N) is 2. The highest BCUT2D eigenvalue weighted by molar-refractivity contribution is 7.92. The van der Waals surface area contributed by atoms with Gasteiger partial charge in [-0.05, 0) is 48.4 Å². The first kappa shape index (κ1) is 26.4. The molecule has 0 fully saturated rings. The number of anilines is 1. The molecule has 36 heavy (non-hydrogen) atoms. The Hall–Kier alpha value is -2.69. The van der Waals surface area contributed by atoms with E-state index in [9.17, 15) is 28.2 Å². The first-order valence-corrected chi connectivity index (χ1v) is 13.2. The van der Waals surface area contributed by atoms with E-state index in [1.807, 2.05) is 0 Å². The van der Waals surface area contributed by atoms with E-state index in [0.29, 0.717) is 5.56 Å². The molecule has 188 valence electrons. The molecule has 2 atom stereocenters. The summed E-state index contributed by atoms with van der Waals surface area (Å²) in [4.78, 5) is 28.6. The van der Waals surface area contributed by atoms with E-state index in [0.717, 1.165) is 4.31 Å². The van der Waals surface area contributed by atoms with Crippen molar-refractivity contribution >= 4 is 62.3 Å². The van der Waals surface area contributed by atoms with Gasteiger partial charge in [-0.15, -0.1) is 0 Å². The van der Waals surface area contributed by atoms with Crippen LogP contribution in [0.25, 0.3) is 0 Å². The van der Waals surface area contributed by atoms with E-state index in [4.69, 9.17) is 34.8 Å². The molecule has 0 saturated heterocycles. The molecule has 3 aromatic rings. The minimum absolute atomic E-state index is 0.0228. The number of carbonyl (C=O) groups excluding carboxylic acids is 1. The van der Waals surface area contributed by atoms with Crippen molar-refractivity contribution in [3.8, 4) is 0 Å². The van der Waals surface area contributed by atoms with Crippen molar-refractivity contribution in [2.24, 2.45) is 5.92 Å². The van der Waals surface area contributed by atoms with Gasteiger partial charge in [-0.2, -0.15) is 0 Å². The van der Waals surface area contributed by atoms with Crippen molar-refractivity contribution in [2.75, 3.05) is 10.8 Å². The van der Waals surface area contributed by atoms with Gasteiger partial charge < -0.3 is 10.2 Å². The number of Topliss-reactive ketones (excluding diaryl/α,β-unsaturated/α-hetero) is 1. The lowest BCUT2D eigenvalue weighted by molar-refractivity contribution is -0.149. The molecule has 2 aromatic carbocycles. The minimum Gasteiger partial charge on any atom is -0.479 e. The number of aromatic nitrogens is 1. The summed E-state index contributed by atoms with van der Waals surface area (Å²) >= 11 is 18.3. The van der Waals surface area contributed by atoms with Crippen molar-refractivity contribution in [1.82, 2.24) is 4.98 Å². The zero-order chi connectivity index (χ0) is 26.2. The smallest absolute Gasteiger partial charge is 0.332 e. The van der Waals surface area contributed by atoms with Crippen molar-refractivity contribution < 1.29 is 28.2 Å². The quantitative estimate of drug-likeness (QED) is 0.407. The molecule has 1 aliphatic heterocycles. The summed E-state index contributed by atoms with van der Waals surface area (Å²) in [5.41, 5.74) is 0.994. The molecule has 1 unspecified atom stereocenters. The lowest BCUT2D eigenvalue weighted by atomic mass is 9.91. The summed E-state index contributed by atoms with van der Waals surface area (Å²) in [7, 11) is -4.22. The Morgan fingerprint density at radius 2 is 1.75 bits per heavy atom. The van der Waals surface area contributed by atoms with Gasteiger partial charge in [-0.3, -0.25) is 14.1 Å². The summed E-state index contributed by atoms with van der Waals surface area (Å²) in [6.07, 6.45) is -0.535. The first-order valence-electron chi connectivity index (χ1n) is 10.6. The van der Waals surface area contributed by atoms with E-state index >= 15 is 0 Å². The van der Waals surface area contributed by atoms with Crippen LogP contribution in [0.3, 0.4) is 0 Å². The Morgan fingerprint density at radius 3 is 2.39 bits per heavy atom. The molecule has 0 amide bonds. The molecule has 2 N–H and O–H groups in total. The molecule has 0 aliphatic carbocycles. The normalized spacial score (nSPS) is 16.3. The summed E-state index contributed by atoms with van der Waals surface area (Å²) in [5, 5.41) is 20.1. The summed E-state index contributed by atoms with van der Waals surface area (Å²) in [5.74, 6) is -2.81. The van der Waals surface area contributed by atoms with Crippen LogP contribution in [0.4, 0.5) is 5.69 Å². The van der Waals surface area contributed by atoms with Crippen molar-refractivity contribution in [3.05, 3.63) is 86.6 Å². The Kier molecular flexibility index (Phi) is 7.59. The van der Waals surface area contributed by atoms with Crippen LogP contribution in [0.1, 0.15) is 21.6 Å². The maximum atomic E-state index is 13.6. The van der Waals surface area contributed by atoms with E-state index in [-0.39, 0.29) is 62.1 Å². The number of aliphatic hydroxyl groups is 1. The number of aliphatic hydroxyl groups excluding tert-OH is 1. The van der Waals surface area contributed by atoms with Crippen molar-refractivity contribution in [2.45, 2.75) is 23.8 Å². The Labute approximate surface area is 222 Å². The van der Waals surface area contributed by atoms with E-state index in [1.54, 1.807) is 18.2 Å². The maximum Gasteiger partial charge on any atom is 0.332 e. The number of fused-ring (bicyclic) bond motifs is 1. The number of carboxylic acid groups (broad SMARTS) is 1. The number of carboxylic acids is 1. The van der Waals surface area contributed by atoms with Gasteiger partial charge in [-0.1, -0.05) is 46.9 Å². The Morgan fingerprint density at radius 1 is 1.08 bits per heavy atom. The number of halogens is 3. The Bertz CT molecular complexity index is 1440. The largest absolute Gasteiger partial charge is 0.479 e. The summed E-state index contributed by atoms with van der Waals surface area (Å²) in [6, 6.07) is 11.8. The SMILES string of the molecule is O=C(Cc1cnc2c(c1)N(S(=O)(=O)c1cccc(Cl)c1)C[C@H](C(O)C(=O)O)C2)c1c(Cl)cccc1Cl. The predicted octanol–water partition coefficient (Wildman–Crippen LogP) is 4.28. The topological polar surface area (TPSA) is 125 Å². The van der Waals surface area contributed by atoms with Gasteiger partial charge >= 0.3 is 5.97 Å². The molecule has 2 heterocycles. The van der Waals surface area contributed by atoms with Crippen LogP contribution in [-0.4, -0.2) is 48.0 Å². The van der Waals surface area contributed by atoms with Gasteiger partial charge in [0, 0.05) is 30.1 Å². The summed E-state index contributed by atoms with van der Waals surface area (Å²) in [6.45, 7) is -0.315. The molecule has 1 aromatic heterocycles. The first-order chi connectivity index (χ1) is 17.0. The second-order valence-corrected chi connectivity index (χ2v) is 11.4. The monoisotopic (exact) mass is 568 g/mol. The van der Waals surface area contributed by atoms with Crippen LogP contribution < -0.4 is 4.31 Å². The number of rotatable bonds is 7. The number of benzene rings is 2. The minimum atomic E-state index is -4.22. The molecular weight excluding hydrogens is 551 g/mol. The maximum absolute atomic E-state index is 13.6. The number of ketones is 1. The van der Waals surface area contributed by atoms with Crippen molar-refractivity contribution in [3.63, 3.8) is 0 Å². The molecule has 0 saturated carbocycles. The third-order valence-corrected chi connectivity index (χ3v) is 8.46. The van der Waals surface area contributed by atoms with Gasteiger partial charge in [-0.25, -0.2) is 13.2 Å². The van der Waals surface area contributed by atoms with Crippen LogP contribution in [0.2, 0.25) is 15.1 Å². The number of pyridine rings is 1. The van der Waals surface area contributed by atoms with Gasteiger partial charge in [0.15, 0.2) is 11.9 Å². The molecule has 0 bridgehead atoms. The third kappa shape index (κ3) is 5.21. The number of carbonyl (C=O) groups is 2. The van der Waals surface area contributed by atoms with E-state index in [2.05, 4.69) is 4.98 Å². The zero-order valence-electron chi connectivity index (χ0n) is 18.4. The van der Waals surface area contributed by atoms with Gasteiger partial charge in [0.2, 0.25) is 0 Å². The second-order valence-electron chi connectivity index (χ2n) is 8.25. The molecule has 0 radical (unpaired) electrons. The number of hydrogen-bond acceptors (Lipinski definition) is 6. The van der Waals surface area contributed by atoms with Crippen molar-refractivity contribution in [1.29, 1.82) is 0 Å². The lowest BCUT2D eigenvalue weighted by Crippen LogP contribution is -2.46. The molecular formula is C24H19Cl3N2O6S. The fourth-order valence-corrected chi connectivity index (χ4v) is 6.50. The van der Waals surface area contributed by atoms with Gasteiger partial charge in [0.25, 0.3) is 10.0 Å². The number of aliphatic carboxylic acids is 1. The Balaban J connectivity index is 1.76. The van der Waals surface area contributed by atoms with Crippen LogP contribution in [0.15, 0.2) is 59.6 Å². The number of sulfonamides is 1. The van der Waals surface area contributed by atoms with Crippen LogP contribution in [0, 0.1) is 5.92 Å². The fraction of sp³-hybridized carbons (Fsp3) is 0.208. The molecule has 0 spiro atoms. The van der Waals surface area contributed by atoms with E-state index < -0.39 is 28.0 Å². The van der Waals surface area contributed by atoms with E-state index in [1.165, 1.54) is 36.5 Å². The highest BCUT2D eigenvalue weighted by Gasteiger charge is 2.39. The predicted molar refractivity (Wildman–Crippen MR) is 136 cm³/mol. The lowest BCUT2D eigenvalue weighted by Gasteiger charge is -2.35. The van der Waals surface area contributed by atoms with Crippen LogP contribution in [0.5, 0.6) is 0 Å². The van der Waals surface area contributed by atoms with Gasteiger partial charge in [0.05, 0.1) is 31.9 Å². The summed E-state index contributed by atoms with van der Waals surface area (Å²) < 4.78 is 28.2. The number of hydrogen-bond donors (Lipinski definition) is 2. The van der Waals surface area contributed by atoms with Crippen LogP contribution >= 0.6 is 34.8 Å². The average molecular weight is 570 g/mol. The molecule has 12 heteroatoms. The van der Waals surface area contributed by atoms with Gasteiger partial charge in [0.1, 0.15) is 0 Å². The molecule has 4 rings (SSSR count).